The Hall–Kier alpha value is -2.93. The maximum atomic E-state index is 12.7. The number of benzene rings is 1. The van der Waals surface area contributed by atoms with Gasteiger partial charge in [-0.15, -0.1) is 11.3 Å². The molecule has 0 spiro atoms. The van der Waals surface area contributed by atoms with Crippen molar-refractivity contribution in [2.24, 2.45) is 0 Å². The molecule has 0 radical (unpaired) electrons. The van der Waals surface area contributed by atoms with Crippen LogP contribution in [0.25, 0.3) is 0 Å². The van der Waals surface area contributed by atoms with Gasteiger partial charge in [-0.3, -0.25) is 4.79 Å². The highest BCUT2D eigenvalue weighted by atomic mass is 32.1. The van der Waals surface area contributed by atoms with Crippen LogP contribution in [0.2, 0.25) is 0 Å². The van der Waals surface area contributed by atoms with Gasteiger partial charge in [-0.1, -0.05) is 17.7 Å². The van der Waals surface area contributed by atoms with Gasteiger partial charge in [-0.05, 0) is 49.9 Å². The minimum absolute atomic E-state index is 0.120. The molecule has 4 rings (SSSR count). The van der Waals surface area contributed by atoms with Gasteiger partial charge < -0.3 is 15.1 Å². The van der Waals surface area contributed by atoms with Gasteiger partial charge in [0.25, 0.3) is 5.91 Å². The largest absolute Gasteiger partial charge is 0.340 e. The molecule has 1 aliphatic rings. The van der Waals surface area contributed by atoms with Crippen molar-refractivity contribution in [3.8, 4) is 0 Å². The molecule has 1 saturated heterocycles. The second kappa shape index (κ2) is 8.21. The lowest BCUT2D eigenvalue weighted by Gasteiger charge is -2.34. The van der Waals surface area contributed by atoms with E-state index >= 15 is 0 Å². The Labute approximate surface area is 175 Å². The fourth-order valence-corrected chi connectivity index (χ4v) is 4.22. The number of thiophene rings is 1. The van der Waals surface area contributed by atoms with Crippen LogP contribution >= 0.6 is 11.3 Å². The van der Waals surface area contributed by atoms with Crippen LogP contribution < -0.4 is 10.2 Å². The van der Waals surface area contributed by atoms with E-state index in [1.54, 1.807) is 0 Å². The van der Waals surface area contributed by atoms with Gasteiger partial charge in [0, 0.05) is 43.6 Å². The summed E-state index contributed by atoms with van der Waals surface area (Å²) in [6, 6.07) is 12.1. The number of aromatic nitrogens is 2. The number of nitrogens with one attached hydrogen (secondary N) is 1. The maximum absolute atomic E-state index is 12.7. The Morgan fingerprint density at radius 2 is 1.69 bits per heavy atom. The van der Waals surface area contributed by atoms with Crippen molar-refractivity contribution in [1.29, 1.82) is 0 Å². The Balaban J connectivity index is 1.43. The van der Waals surface area contributed by atoms with E-state index in [9.17, 15) is 4.79 Å². The van der Waals surface area contributed by atoms with Gasteiger partial charge in [0.2, 0.25) is 5.95 Å². The monoisotopic (exact) mass is 407 g/mol. The summed E-state index contributed by atoms with van der Waals surface area (Å²) in [5, 5.41) is 5.38. The number of hydrogen-bond acceptors (Lipinski definition) is 6. The molecule has 1 N–H and O–H groups in total. The minimum atomic E-state index is 0.120. The first-order chi connectivity index (χ1) is 14.0. The molecule has 1 aromatic carbocycles. The van der Waals surface area contributed by atoms with Crippen molar-refractivity contribution < 1.29 is 4.79 Å². The summed E-state index contributed by atoms with van der Waals surface area (Å²) in [4.78, 5) is 26.9. The number of nitrogens with zero attached hydrogens (tertiary/aromatic N) is 4. The third-order valence-corrected chi connectivity index (χ3v) is 5.99. The first kappa shape index (κ1) is 19.4. The van der Waals surface area contributed by atoms with E-state index < -0.39 is 0 Å². The molecule has 0 bridgehead atoms. The highest BCUT2D eigenvalue weighted by Gasteiger charge is 2.24. The van der Waals surface area contributed by atoms with E-state index in [-0.39, 0.29) is 5.91 Å². The summed E-state index contributed by atoms with van der Waals surface area (Å²) < 4.78 is 0. The molecule has 6 nitrogen and oxygen atoms in total. The summed E-state index contributed by atoms with van der Waals surface area (Å²) in [5.74, 6) is 1.61. The van der Waals surface area contributed by atoms with E-state index in [1.807, 2.05) is 48.4 Å². The molecular weight excluding hydrogens is 382 g/mol. The lowest BCUT2D eigenvalue weighted by molar-refractivity contribution is 0.0751. The molecule has 7 heteroatoms. The zero-order valence-corrected chi connectivity index (χ0v) is 17.8. The van der Waals surface area contributed by atoms with Crippen molar-refractivity contribution >= 4 is 34.7 Å². The summed E-state index contributed by atoms with van der Waals surface area (Å²) in [6.45, 7) is 8.86. The predicted molar refractivity (Wildman–Crippen MR) is 118 cm³/mol. The van der Waals surface area contributed by atoms with Crippen LogP contribution in [0.1, 0.15) is 26.5 Å². The molecule has 1 aliphatic heterocycles. The van der Waals surface area contributed by atoms with Gasteiger partial charge >= 0.3 is 0 Å². The van der Waals surface area contributed by atoms with E-state index in [0.717, 1.165) is 40.7 Å². The smallest absolute Gasteiger partial charge is 0.264 e. The average molecular weight is 408 g/mol. The molecule has 29 heavy (non-hydrogen) atoms. The topological polar surface area (TPSA) is 61.4 Å². The fraction of sp³-hybridized carbons (Fsp3) is 0.318. The molecule has 0 saturated carbocycles. The summed E-state index contributed by atoms with van der Waals surface area (Å²) in [5.41, 5.74) is 4.28. The van der Waals surface area contributed by atoms with Crippen molar-refractivity contribution in [3.63, 3.8) is 0 Å². The average Bonchev–Trinajstić information content (AvgIpc) is 3.15. The number of carbonyl (C=O) groups excluding carboxylic acids is 1. The number of aryl methyl sites for hydroxylation is 3. The highest BCUT2D eigenvalue weighted by molar-refractivity contribution is 7.12. The number of carbonyl (C=O) groups is 1. The molecule has 1 amide bonds. The number of piperazine rings is 1. The van der Waals surface area contributed by atoms with Crippen LogP contribution in [-0.2, 0) is 0 Å². The van der Waals surface area contributed by atoms with Crippen LogP contribution in [-0.4, -0.2) is 47.0 Å². The van der Waals surface area contributed by atoms with E-state index in [4.69, 9.17) is 4.98 Å². The lowest BCUT2D eigenvalue weighted by Crippen LogP contribution is -2.49. The third kappa shape index (κ3) is 4.56. The zero-order valence-electron chi connectivity index (χ0n) is 17.0. The highest BCUT2D eigenvalue weighted by Crippen LogP contribution is 2.21. The van der Waals surface area contributed by atoms with Gasteiger partial charge in [-0.25, -0.2) is 4.98 Å². The minimum Gasteiger partial charge on any atom is -0.340 e. The molecule has 0 unspecified atom stereocenters. The van der Waals surface area contributed by atoms with Gasteiger partial charge in [-0.2, -0.15) is 4.98 Å². The second-order valence-electron chi connectivity index (χ2n) is 7.45. The van der Waals surface area contributed by atoms with Crippen molar-refractivity contribution in [2.45, 2.75) is 20.8 Å². The number of hydrogen-bond donors (Lipinski definition) is 1. The summed E-state index contributed by atoms with van der Waals surface area (Å²) in [6.07, 6.45) is 0. The normalized spacial score (nSPS) is 14.2. The first-order valence-electron chi connectivity index (χ1n) is 9.77. The van der Waals surface area contributed by atoms with Crippen LogP contribution in [0.5, 0.6) is 0 Å². The molecule has 0 aliphatic carbocycles. The summed E-state index contributed by atoms with van der Waals surface area (Å²) >= 11 is 1.52. The van der Waals surface area contributed by atoms with Gasteiger partial charge in [0.1, 0.15) is 5.82 Å². The Kier molecular flexibility index (Phi) is 5.49. The number of amides is 1. The van der Waals surface area contributed by atoms with Crippen LogP contribution in [0.4, 0.5) is 17.5 Å². The molecule has 3 aromatic rings. The van der Waals surface area contributed by atoms with E-state index in [2.05, 4.69) is 34.3 Å². The molecule has 150 valence electrons. The maximum Gasteiger partial charge on any atom is 0.264 e. The lowest BCUT2D eigenvalue weighted by atomic mass is 10.2. The third-order valence-electron chi connectivity index (χ3n) is 4.96. The van der Waals surface area contributed by atoms with E-state index in [0.29, 0.717) is 19.0 Å². The van der Waals surface area contributed by atoms with Crippen LogP contribution in [0.3, 0.4) is 0 Å². The SMILES string of the molecule is Cc1ccc(Nc2cc(C)nc(N3CCN(C(=O)c4cc(C)cs4)CC3)n2)cc1. The van der Waals surface area contributed by atoms with E-state index in [1.165, 1.54) is 16.9 Å². The Morgan fingerprint density at radius 3 is 2.34 bits per heavy atom. The van der Waals surface area contributed by atoms with Crippen molar-refractivity contribution in [3.05, 3.63) is 63.5 Å². The van der Waals surface area contributed by atoms with Crippen LogP contribution in [0.15, 0.2) is 41.8 Å². The van der Waals surface area contributed by atoms with Crippen LogP contribution in [0, 0.1) is 20.8 Å². The Morgan fingerprint density at radius 1 is 0.966 bits per heavy atom. The molecule has 3 heterocycles. The van der Waals surface area contributed by atoms with Gasteiger partial charge in [0.05, 0.1) is 4.88 Å². The first-order valence-corrected chi connectivity index (χ1v) is 10.6. The summed E-state index contributed by atoms with van der Waals surface area (Å²) in [7, 11) is 0. The van der Waals surface area contributed by atoms with Crippen molar-refractivity contribution in [1.82, 2.24) is 14.9 Å². The predicted octanol–water partition coefficient (Wildman–Crippen LogP) is 4.17. The standard InChI is InChI=1S/C22H25N5OS/c1-15-4-6-18(7-5-15)24-20-13-17(3)23-22(25-20)27-10-8-26(9-11-27)21(28)19-12-16(2)14-29-19/h4-7,12-14H,8-11H2,1-3H3,(H,23,24,25). The van der Waals surface area contributed by atoms with Crippen molar-refractivity contribution in [2.75, 3.05) is 36.4 Å². The fourth-order valence-electron chi connectivity index (χ4n) is 3.35. The molecular formula is C22H25N5OS. The molecule has 2 aromatic heterocycles. The molecule has 1 fully saturated rings. The number of anilines is 3. The Bertz CT molecular complexity index is 1010. The second-order valence-corrected chi connectivity index (χ2v) is 8.36. The zero-order chi connectivity index (χ0) is 20.4. The molecule has 0 atom stereocenters. The van der Waals surface area contributed by atoms with Gasteiger partial charge in [0.15, 0.2) is 0 Å². The number of rotatable bonds is 4. The quantitative estimate of drug-likeness (QED) is 0.703.